The Morgan fingerprint density at radius 1 is 1.25 bits per heavy atom. The molecule has 0 fully saturated rings. The average molecular weight is 263 g/mol. The van der Waals surface area contributed by atoms with Gasteiger partial charge in [0.25, 0.3) is 5.89 Å². The Bertz CT molecular complexity index is 803. The third kappa shape index (κ3) is 2.12. The van der Waals surface area contributed by atoms with E-state index in [1.807, 2.05) is 19.1 Å². The predicted molar refractivity (Wildman–Crippen MR) is 70.2 cm³/mol. The lowest BCUT2D eigenvalue weighted by molar-refractivity contribution is 0.432. The SMILES string of the molecule is Cc1cnccc1-c1noc(-c2ccnc(C#N)c2)n1. The Labute approximate surface area is 114 Å². The van der Waals surface area contributed by atoms with Crippen LogP contribution in [0.4, 0.5) is 0 Å². The van der Waals surface area contributed by atoms with E-state index >= 15 is 0 Å². The van der Waals surface area contributed by atoms with Crippen molar-refractivity contribution in [3.63, 3.8) is 0 Å². The molecule has 6 nitrogen and oxygen atoms in total. The molecule has 0 spiro atoms. The third-order valence-electron chi connectivity index (χ3n) is 2.81. The standard InChI is InChI=1S/C14H9N5O/c1-9-8-16-4-3-12(9)13-18-14(20-19-13)10-2-5-17-11(6-10)7-15/h2-6,8H,1H3. The van der Waals surface area contributed by atoms with Crippen molar-refractivity contribution < 1.29 is 4.52 Å². The second kappa shape index (κ2) is 4.90. The molecule has 0 aliphatic heterocycles. The fourth-order valence-corrected chi connectivity index (χ4v) is 1.80. The maximum Gasteiger partial charge on any atom is 0.258 e. The molecule has 0 unspecified atom stereocenters. The van der Waals surface area contributed by atoms with Crippen LogP contribution in [0.25, 0.3) is 22.8 Å². The molecule has 3 aromatic rings. The number of hydrogen-bond donors (Lipinski definition) is 0. The smallest absolute Gasteiger partial charge is 0.258 e. The molecular formula is C14H9N5O. The molecule has 3 aromatic heterocycles. The van der Waals surface area contributed by atoms with Crippen LogP contribution in [0.1, 0.15) is 11.3 Å². The Balaban J connectivity index is 2.02. The summed E-state index contributed by atoms with van der Waals surface area (Å²) < 4.78 is 5.24. The lowest BCUT2D eigenvalue weighted by atomic mass is 10.1. The van der Waals surface area contributed by atoms with Crippen molar-refractivity contribution in [1.29, 1.82) is 5.26 Å². The zero-order valence-electron chi connectivity index (χ0n) is 10.6. The molecule has 20 heavy (non-hydrogen) atoms. The normalized spacial score (nSPS) is 10.2. The first-order chi connectivity index (χ1) is 9.78. The summed E-state index contributed by atoms with van der Waals surface area (Å²) in [4.78, 5) is 12.3. The summed E-state index contributed by atoms with van der Waals surface area (Å²) >= 11 is 0. The van der Waals surface area contributed by atoms with E-state index in [2.05, 4.69) is 20.1 Å². The lowest BCUT2D eigenvalue weighted by Crippen LogP contribution is -1.87. The van der Waals surface area contributed by atoms with E-state index in [0.29, 0.717) is 23.0 Å². The first-order valence-corrected chi connectivity index (χ1v) is 5.89. The summed E-state index contributed by atoms with van der Waals surface area (Å²) in [6, 6.07) is 7.13. The van der Waals surface area contributed by atoms with Crippen LogP contribution in [0.3, 0.4) is 0 Å². The summed E-state index contributed by atoms with van der Waals surface area (Å²) in [5.74, 6) is 0.852. The van der Waals surface area contributed by atoms with Crippen molar-refractivity contribution in [2.24, 2.45) is 0 Å². The number of aromatic nitrogens is 4. The van der Waals surface area contributed by atoms with Gasteiger partial charge in [-0.05, 0) is 30.7 Å². The molecule has 0 radical (unpaired) electrons. The second-order valence-electron chi connectivity index (χ2n) is 4.16. The minimum absolute atomic E-state index is 0.308. The summed E-state index contributed by atoms with van der Waals surface area (Å²) in [6.07, 6.45) is 4.96. The van der Waals surface area contributed by atoms with E-state index in [9.17, 15) is 0 Å². The van der Waals surface area contributed by atoms with E-state index in [1.165, 1.54) is 6.20 Å². The van der Waals surface area contributed by atoms with Gasteiger partial charge in [0, 0.05) is 29.7 Å². The van der Waals surface area contributed by atoms with Crippen molar-refractivity contribution in [1.82, 2.24) is 20.1 Å². The van der Waals surface area contributed by atoms with Crippen LogP contribution in [0.2, 0.25) is 0 Å². The topological polar surface area (TPSA) is 88.5 Å². The van der Waals surface area contributed by atoms with Gasteiger partial charge >= 0.3 is 0 Å². The van der Waals surface area contributed by atoms with Gasteiger partial charge < -0.3 is 4.52 Å². The highest BCUT2D eigenvalue weighted by molar-refractivity contribution is 5.62. The minimum Gasteiger partial charge on any atom is -0.334 e. The average Bonchev–Trinajstić information content (AvgIpc) is 2.97. The number of hydrogen-bond acceptors (Lipinski definition) is 6. The van der Waals surface area contributed by atoms with Crippen LogP contribution in [-0.2, 0) is 0 Å². The van der Waals surface area contributed by atoms with Crippen molar-refractivity contribution in [2.45, 2.75) is 6.92 Å². The number of nitrogens with zero attached hydrogens (tertiary/aromatic N) is 5. The Hall–Kier alpha value is -3.07. The molecule has 3 rings (SSSR count). The maximum absolute atomic E-state index is 8.84. The molecule has 0 aromatic carbocycles. The van der Waals surface area contributed by atoms with Crippen LogP contribution in [0.15, 0.2) is 41.3 Å². The van der Waals surface area contributed by atoms with Crippen LogP contribution in [0.5, 0.6) is 0 Å². The molecular weight excluding hydrogens is 254 g/mol. The zero-order valence-corrected chi connectivity index (χ0v) is 10.6. The highest BCUT2D eigenvalue weighted by Gasteiger charge is 2.12. The van der Waals surface area contributed by atoms with Crippen LogP contribution >= 0.6 is 0 Å². The summed E-state index contributed by atoms with van der Waals surface area (Å²) in [7, 11) is 0. The van der Waals surface area contributed by atoms with E-state index in [-0.39, 0.29) is 0 Å². The molecule has 6 heteroatoms. The Kier molecular flexibility index (Phi) is 2.94. The quantitative estimate of drug-likeness (QED) is 0.705. The molecule has 0 aliphatic carbocycles. The molecule has 0 amide bonds. The first kappa shape index (κ1) is 12.0. The molecule has 0 atom stereocenters. The second-order valence-corrected chi connectivity index (χ2v) is 4.16. The molecule has 0 saturated heterocycles. The van der Waals surface area contributed by atoms with E-state index < -0.39 is 0 Å². The highest BCUT2D eigenvalue weighted by Crippen LogP contribution is 2.23. The van der Waals surface area contributed by atoms with E-state index in [4.69, 9.17) is 9.78 Å². The fraction of sp³-hybridized carbons (Fsp3) is 0.0714. The van der Waals surface area contributed by atoms with Gasteiger partial charge in [-0.15, -0.1) is 0 Å². The number of pyridine rings is 2. The number of rotatable bonds is 2. The maximum atomic E-state index is 8.84. The summed E-state index contributed by atoms with van der Waals surface area (Å²) in [5, 5.41) is 12.8. The highest BCUT2D eigenvalue weighted by atomic mass is 16.5. The fourth-order valence-electron chi connectivity index (χ4n) is 1.80. The Morgan fingerprint density at radius 2 is 2.15 bits per heavy atom. The largest absolute Gasteiger partial charge is 0.334 e. The van der Waals surface area contributed by atoms with Gasteiger partial charge in [-0.3, -0.25) is 4.98 Å². The minimum atomic E-state index is 0.308. The van der Waals surface area contributed by atoms with E-state index in [1.54, 1.807) is 24.5 Å². The molecule has 96 valence electrons. The van der Waals surface area contributed by atoms with Crippen LogP contribution < -0.4 is 0 Å². The number of aryl methyl sites for hydroxylation is 1. The monoisotopic (exact) mass is 263 g/mol. The van der Waals surface area contributed by atoms with Crippen molar-refractivity contribution >= 4 is 0 Å². The third-order valence-corrected chi connectivity index (χ3v) is 2.81. The van der Waals surface area contributed by atoms with Crippen LogP contribution in [0, 0.1) is 18.3 Å². The first-order valence-electron chi connectivity index (χ1n) is 5.89. The molecule has 0 saturated carbocycles. The van der Waals surface area contributed by atoms with Crippen LogP contribution in [-0.4, -0.2) is 20.1 Å². The van der Waals surface area contributed by atoms with Gasteiger partial charge in [-0.25, -0.2) is 4.98 Å². The lowest BCUT2D eigenvalue weighted by Gasteiger charge is -1.97. The van der Waals surface area contributed by atoms with Crippen molar-refractivity contribution in [3.05, 3.63) is 48.0 Å². The number of nitriles is 1. The van der Waals surface area contributed by atoms with Gasteiger partial charge in [0.2, 0.25) is 5.82 Å². The predicted octanol–water partition coefficient (Wildman–Crippen LogP) is 2.37. The molecule has 0 bridgehead atoms. The van der Waals surface area contributed by atoms with Gasteiger partial charge in [0.05, 0.1) is 0 Å². The summed E-state index contributed by atoms with van der Waals surface area (Å²) in [6.45, 7) is 1.93. The van der Waals surface area contributed by atoms with Crippen molar-refractivity contribution in [2.75, 3.05) is 0 Å². The van der Waals surface area contributed by atoms with Gasteiger partial charge in [-0.2, -0.15) is 10.2 Å². The zero-order chi connectivity index (χ0) is 13.9. The molecule has 0 N–H and O–H groups in total. The Morgan fingerprint density at radius 3 is 2.95 bits per heavy atom. The van der Waals surface area contributed by atoms with Crippen molar-refractivity contribution in [3.8, 4) is 28.9 Å². The summed E-state index contributed by atoms with van der Waals surface area (Å²) in [5.41, 5.74) is 2.81. The molecule has 0 aliphatic rings. The van der Waals surface area contributed by atoms with E-state index in [0.717, 1.165) is 11.1 Å². The van der Waals surface area contributed by atoms with Gasteiger partial charge in [0.1, 0.15) is 11.8 Å². The van der Waals surface area contributed by atoms with Gasteiger partial charge in [-0.1, -0.05) is 5.16 Å². The van der Waals surface area contributed by atoms with Gasteiger partial charge in [0.15, 0.2) is 0 Å². The molecule has 3 heterocycles.